The molecule has 0 fully saturated rings. The van der Waals surface area contributed by atoms with E-state index in [1.165, 1.54) is 30.3 Å². The Balaban J connectivity index is 1.67. The molecular weight excluding hydrogens is 496 g/mol. The van der Waals surface area contributed by atoms with Gasteiger partial charge in [-0.05, 0) is 71.8 Å². The van der Waals surface area contributed by atoms with E-state index in [2.05, 4.69) is 4.74 Å². The van der Waals surface area contributed by atoms with Crippen LogP contribution in [0.1, 0.15) is 28.4 Å². The van der Waals surface area contributed by atoms with E-state index in [9.17, 15) is 32.3 Å². The second-order valence-corrected chi connectivity index (χ2v) is 8.15. The predicted octanol–water partition coefficient (Wildman–Crippen LogP) is 5.41. The first-order chi connectivity index (χ1) is 17.2. The fraction of sp³-hybridized carbons (Fsp3) is 0.154. The van der Waals surface area contributed by atoms with Crippen molar-refractivity contribution in [1.29, 1.82) is 0 Å². The molecule has 0 aliphatic heterocycles. The summed E-state index contributed by atoms with van der Waals surface area (Å²) in [5, 5.41) is 9.57. The molecule has 7 nitrogen and oxygen atoms in total. The molecular formula is C26H22F4N2O5. The minimum absolute atomic E-state index is 0.0259. The number of ether oxygens (including phenoxy) is 2. The predicted molar refractivity (Wildman–Crippen MR) is 129 cm³/mol. The summed E-state index contributed by atoms with van der Waals surface area (Å²) in [5.74, 6) is -6.81. The van der Waals surface area contributed by atoms with Crippen LogP contribution < -0.4 is 20.9 Å². The van der Waals surface area contributed by atoms with Crippen LogP contribution in [0.3, 0.4) is 0 Å². The highest BCUT2D eigenvalue weighted by Crippen LogP contribution is 2.35. The zero-order valence-electron chi connectivity index (χ0n) is 19.4. The smallest absolute Gasteiger partial charge is 0.463 e. The molecule has 0 aliphatic rings. The van der Waals surface area contributed by atoms with Crippen LogP contribution in [-0.4, -0.2) is 29.1 Å². The van der Waals surface area contributed by atoms with Gasteiger partial charge in [-0.25, -0.2) is 9.59 Å². The van der Waals surface area contributed by atoms with E-state index >= 15 is 0 Å². The highest BCUT2D eigenvalue weighted by Gasteiger charge is 2.55. The SMILES string of the molecule is CC(F)(F)C(F)(F)Oc1ccc(C(=O)Oc2ccc(/C=C(\Cc3cc(N)cc(N)c3)C(=O)O)cc2)cc1. The number of nitrogens with two attached hydrogens (primary N) is 2. The van der Waals surface area contributed by atoms with E-state index in [0.29, 0.717) is 22.5 Å². The van der Waals surface area contributed by atoms with Crippen LogP contribution in [-0.2, 0) is 11.2 Å². The lowest BCUT2D eigenvalue weighted by Crippen LogP contribution is -2.42. The molecule has 0 unspecified atom stereocenters. The minimum atomic E-state index is -4.73. The molecule has 11 heteroatoms. The first-order valence-corrected chi connectivity index (χ1v) is 10.7. The first kappa shape index (κ1) is 27.1. The molecule has 3 aromatic carbocycles. The van der Waals surface area contributed by atoms with Gasteiger partial charge >= 0.3 is 24.0 Å². The van der Waals surface area contributed by atoms with E-state index in [0.717, 1.165) is 24.3 Å². The van der Waals surface area contributed by atoms with Crippen LogP contribution in [0.4, 0.5) is 28.9 Å². The number of hydrogen-bond acceptors (Lipinski definition) is 6. The standard InChI is InChI=1S/C26H22F4N2O5/c1-25(27,28)26(29,30)37-22-8-4-17(5-9-22)24(35)36-21-6-2-15(3-7-21)10-18(23(33)34)11-16-12-19(31)14-20(32)13-16/h2-10,12-14H,11,31-32H2,1H3,(H,33,34)/b18-10+. The van der Waals surface area contributed by atoms with Crippen LogP contribution in [0.25, 0.3) is 6.08 Å². The van der Waals surface area contributed by atoms with E-state index < -0.39 is 29.7 Å². The van der Waals surface area contributed by atoms with Crippen LogP contribution >= 0.6 is 0 Å². The Morgan fingerprint density at radius 3 is 1.95 bits per heavy atom. The molecule has 194 valence electrons. The molecule has 0 aliphatic carbocycles. The van der Waals surface area contributed by atoms with Gasteiger partial charge in [0.2, 0.25) is 0 Å². The van der Waals surface area contributed by atoms with Gasteiger partial charge < -0.3 is 26.0 Å². The van der Waals surface area contributed by atoms with Crippen LogP contribution in [0, 0.1) is 0 Å². The van der Waals surface area contributed by atoms with Crippen molar-refractivity contribution in [3.8, 4) is 11.5 Å². The molecule has 0 amide bonds. The topological polar surface area (TPSA) is 125 Å². The van der Waals surface area contributed by atoms with Crippen molar-refractivity contribution in [2.24, 2.45) is 0 Å². The molecule has 3 rings (SSSR count). The third-order valence-corrected chi connectivity index (χ3v) is 4.99. The highest BCUT2D eigenvalue weighted by molar-refractivity contribution is 5.93. The third kappa shape index (κ3) is 7.23. The molecule has 0 saturated heterocycles. The number of esters is 1. The van der Waals surface area contributed by atoms with Crippen molar-refractivity contribution in [1.82, 2.24) is 0 Å². The van der Waals surface area contributed by atoms with Crippen molar-refractivity contribution < 1.29 is 41.7 Å². The summed E-state index contributed by atoms with van der Waals surface area (Å²) in [6, 6.07) is 14.8. The van der Waals surface area contributed by atoms with Crippen LogP contribution in [0.5, 0.6) is 11.5 Å². The lowest BCUT2D eigenvalue weighted by atomic mass is 10.0. The zero-order chi connectivity index (χ0) is 27.4. The molecule has 0 aromatic heterocycles. The Kier molecular flexibility index (Phi) is 7.76. The van der Waals surface area contributed by atoms with Crippen molar-refractivity contribution in [3.05, 3.63) is 89.0 Å². The zero-order valence-corrected chi connectivity index (χ0v) is 19.4. The number of alkyl halides is 4. The average Bonchev–Trinajstić information content (AvgIpc) is 2.78. The van der Waals surface area contributed by atoms with Gasteiger partial charge in [0.05, 0.1) is 5.56 Å². The Labute approximate surface area is 208 Å². The summed E-state index contributed by atoms with van der Waals surface area (Å²) in [6.45, 7) is 0.0259. The monoisotopic (exact) mass is 518 g/mol. The van der Waals surface area contributed by atoms with E-state index in [-0.39, 0.29) is 30.2 Å². The number of carbonyl (C=O) groups excluding carboxylic acids is 1. The lowest BCUT2D eigenvalue weighted by Gasteiger charge is -2.23. The minimum Gasteiger partial charge on any atom is -0.478 e. The molecule has 5 N–H and O–H groups in total. The largest absolute Gasteiger partial charge is 0.478 e. The number of benzene rings is 3. The normalized spacial score (nSPS) is 12.2. The lowest BCUT2D eigenvalue weighted by molar-refractivity contribution is -0.301. The fourth-order valence-corrected chi connectivity index (χ4v) is 3.15. The number of aliphatic carboxylic acids is 1. The van der Waals surface area contributed by atoms with E-state index in [1.807, 2.05) is 0 Å². The van der Waals surface area contributed by atoms with Gasteiger partial charge in [-0.3, -0.25) is 0 Å². The van der Waals surface area contributed by atoms with Crippen LogP contribution in [0.15, 0.2) is 72.3 Å². The number of carboxylic acids is 1. The van der Waals surface area contributed by atoms with Crippen LogP contribution in [0.2, 0.25) is 0 Å². The molecule has 0 saturated carbocycles. The van der Waals surface area contributed by atoms with E-state index in [1.54, 1.807) is 18.2 Å². The van der Waals surface area contributed by atoms with Gasteiger partial charge in [0.1, 0.15) is 11.5 Å². The Morgan fingerprint density at radius 2 is 1.43 bits per heavy atom. The van der Waals surface area contributed by atoms with E-state index in [4.69, 9.17) is 16.2 Å². The summed E-state index contributed by atoms with van der Waals surface area (Å²) in [6.07, 6.45) is -3.21. The van der Waals surface area contributed by atoms with Gasteiger partial charge in [0.25, 0.3) is 0 Å². The molecule has 0 bridgehead atoms. The van der Waals surface area contributed by atoms with Crippen molar-refractivity contribution in [3.63, 3.8) is 0 Å². The molecule has 37 heavy (non-hydrogen) atoms. The number of carboxylic acid groups (broad SMARTS) is 1. The molecule has 3 aromatic rings. The Bertz CT molecular complexity index is 1300. The van der Waals surface area contributed by atoms with Crippen molar-refractivity contribution >= 4 is 29.4 Å². The summed E-state index contributed by atoms with van der Waals surface area (Å²) < 4.78 is 61.8. The maximum Gasteiger partial charge on any atom is 0.463 e. The van der Waals surface area contributed by atoms with Gasteiger partial charge in [0.15, 0.2) is 0 Å². The molecule has 0 atom stereocenters. The average molecular weight is 518 g/mol. The van der Waals surface area contributed by atoms with Gasteiger partial charge in [-0.2, -0.15) is 17.6 Å². The molecule has 0 spiro atoms. The maximum atomic E-state index is 13.3. The van der Waals surface area contributed by atoms with Gasteiger partial charge in [0, 0.05) is 30.3 Å². The maximum absolute atomic E-state index is 13.3. The third-order valence-electron chi connectivity index (χ3n) is 4.99. The Hall–Kier alpha value is -4.54. The Morgan fingerprint density at radius 1 is 0.892 bits per heavy atom. The van der Waals surface area contributed by atoms with Crippen molar-refractivity contribution in [2.45, 2.75) is 25.4 Å². The summed E-state index contributed by atoms with van der Waals surface area (Å²) in [7, 11) is 0. The number of halogens is 4. The highest BCUT2D eigenvalue weighted by atomic mass is 19.3. The second kappa shape index (κ2) is 10.6. The quantitative estimate of drug-likeness (QED) is 0.114. The molecule has 0 radical (unpaired) electrons. The summed E-state index contributed by atoms with van der Waals surface area (Å²) in [5.41, 5.74) is 13.5. The van der Waals surface area contributed by atoms with Gasteiger partial charge in [-0.1, -0.05) is 12.1 Å². The number of rotatable bonds is 9. The number of nitrogen functional groups attached to an aromatic ring is 2. The number of carbonyl (C=O) groups is 2. The fourth-order valence-electron chi connectivity index (χ4n) is 3.15. The second-order valence-electron chi connectivity index (χ2n) is 8.15. The summed E-state index contributed by atoms with van der Waals surface area (Å²) >= 11 is 0. The first-order valence-electron chi connectivity index (χ1n) is 10.7. The number of anilines is 2. The summed E-state index contributed by atoms with van der Waals surface area (Å²) in [4.78, 5) is 24.0. The number of hydrogen-bond donors (Lipinski definition) is 3. The molecule has 0 heterocycles. The van der Waals surface area contributed by atoms with Crippen molar-refractivity contribution in [2.75, 3.05) is 11.5 Å². The van der Waals surface area contributed by atoms with Gasteiger partial charge in [-0.15, -0.1) is 0 Å².